The fourth-order valence-corrected chi connectivity index (χ4v) is 6.40. The predicted molar refractivity (Wildman–Crippen MR) is 211 cm³/mol. The first-order valence-corrected chi connectivity index (χ1v) is 19.5. The van der Waals surface area contributed by atoms with E-state index in [-0.39, 0.29) is 51.5 Å². The van der Waals surface area contributed by atoms with Gasteiger partial charge < -0.3 is 25.1 Å². The molecule has 0 fully saturated rings. The van der Waals surface area contributed by atoms with Crippen molar-refractivity contribution in [1.29, 1.82) is 0 Å². The smallest absolute Gasteiger partial charge is 0.417 e. The van der Waals surface area contributed by atoms with Gasteiger partial charge in [-0.05, 0) is 47.5 Å². The molecular formula is C39H32F6N8O8S. The number of rotatable bonds is 11. The van der Waals surface area contributed by atoms with Crippen molar-refractivity contribution in [2.45, 2.75) is 25.6 Å². The molecule has 23 heteroatoms. The maximum absolute atomic E-state index is 13.9. The molecule has 0 unspecified atom stereocenters. The number of halogens is 6. The SMILES string of the molecule is COC(=O)c1cc(-c2ccnn2OCc2ccccc2)c(C(F)(F)F)cc1N.CS(=O)(=O)Nn1c(=O)[nH]c2cc(C(F)(F)F)c(-c3ccnn3OCc3ccccc3)cc2c1=O. The lowest BCUT2D eigenvalue weighted by Crippen LogP contribution is -2.43. The number of nitrogens with one attached hydrogen (secondary N) is 2. The van der Waals surface area contributed by atoms with Crippen LogP contribution in [0.2, 0.25) is 0 Å². The second-order valence-electron chi connectivity index (χ2n) is 13.0. The van der Waals surface area contributed by atoms with Gasteiger partial charge in [0.05, 0.1) is 53.4 Å². The average Bonchev–Trinajstić information content (AvgIpc) is 3.90. The Bertz CT molecular complexity index is 2970. The van der Waals surface area contributed by atoms with Crippen molar-refractivity contribution in [2.24, 2.45) is 0 Å². The minimum atomic E-state index is -4.87. The molecule has 0 bridgehead atoms. The molecule has 0 aliphatic heterocycles. The lowest BCUT2D eigenvalue weighted by Gasteiger charge is -2.17. The molecule has 7 rings (SSSR count). The summed E-state index contributed by atoms with van der Waals surface area (Å²) in [5, 5.41) is 7.47. The van der Waals surface area contributed by atoms with E-state index < -0.39 is 61.8 Å². The Balaban J connectivity index is 0.000000211. The molecule has 0 saturated heterocycles. The van der Waals surface area contributed by atoms with E-state index in [0.717, 1.165) is 40.1 Å². The van der Waals surface area contributed by atoms with E-state index in [1.807, 2.05) is 30.3 Å². The summed E-state index contributed by atoms with van der Waals surface area (Å²) in [5.74, 6) is -0.844. The number of nitrogen functional groups attached to an aromatic ring is 1. The van der Waals surface area contributed by atoms with Gasteiger partial charge in [-0.3, -0.25) is 4.79 Å². The highest BCUT2D eigenvalue weighted by Gasteiger charge is 2.37. The number of hydrogen-bond donors (Lipinski definition) is 3. The second kappa shape index (κ2) is 17.6. The van der Waals surface area contributed by atoms with E-state index in [1.165, 1.54) is 24.5 Å². The quantitative estimate of drug-likeness (QED) is 0.0867. The average molecular weight is 887 g/mol. The molecule has 0 aliphatic carbocycles. The maximum atomic E-state index is 13.9. The summed E-state index contributed by atoms with van der Waals surface area (Å²) in [6.45, 7) is 0.0958. The number of carbonyl (C=O) groups excluding carboxylic acids is 1. The van der Waals surface area contributed by atoms with Gasteiger partial charge in [-0.15, -0.1) is 10.2 Å². The van der Waals surface area contributed by atoms with Crippen molar-refractivity contribution < 1.29 is 54.0 Å². The molecule has 16 nitrogen and oxygen atoms in total. The van der Waals surface area contributed by atoms with Gasteiger partial charge in [0.1, 0.15) is 24.6 Å². The summed E-state index contributed by atoms with van der Waals surface area (Å²) < 4.78 is 110. The van der Waals surface area contributed by atoms with Crippen LogP contribution in [0.5, 0.6) is 0 Å². The molecule has 0 atom stereocenters. The van der Waals surface area contributed by atoms with Crippen molar-refractivity contribution in [1.82, 2.24) is 29.5 Å². The van der Waals surface area contributed by atoms with Gasteiger partial charge in [-0.2, -0.15) is 31.0 Å². The normalized spacial score (nSPS) is 11.7. The summed E-state index contributed by atoms with van der Waals surface area (Å²) in [7, 11) is -2.92. The molecule has 324 valence electrons. The van der Waals surface area contributed by atoms with Gasteiger partial charge in [0, 0.05) is 16.8 Å². The van der Waals surface area contributed by atoms with E-state index >= 15 is 0 Å². The first-order chi connectivity index (χ1) is 29.2. The summed E-state index contributed by atoms with van der Waals surface area (Å²) in [4.78, 5) is 53.6. The number of aromatic amines is 1. The Morgan fingerprint density at radius 3 is 1.71 bits per heavy atom. The van der Waals surface area contributed by atoms with E-state index in [0.29, 0.717) is 18.4 Å². The van der Waals surface area contributed by atoms with Gasteiger partial charge in [-0.1, -0.05) is 70.4 Å². The zero-order valence-corrected chi connectivity index (χ0v) is 32.9. The van der Waals surface area contributed by atoms with Crippen LogP contribution in [0.4, 0.5) is 32.0 Å². The molecule has 0 saturated carbocycles. The fourth-order valence-electron chi connectivity index (χ4n) is 5.90. The number of benzene rings is 4. The molecular weight excluding hydrogens is 855 g/mol. The molecule has 3 heterocycles. The summed E-state index contributed by atoms with van der Waals surface area (Å²) in [6, 6.07) is 23.8. The number of methoxy groups -OCH3 is 1. The highest BCUT2D eigenvalue weighted by molar-refractivity contribution is 7.91. The van der Waals surface area contributed by atoms with E-state index in [9.17, 15) is 49.1 Å². The zero-order valence-electron chi connectivity index (χ0n) is 32.1. The largest absolute Gasteiger partial charge is 0.465 e. The van der Waals surface area contributed by atoms with Gasteiger partial charge >= 0.3 is 24.0 Å². The summed E-state index contributed by atoms with van der Waals surface area (Å²) in [6.07, 6.45) is -6.33. The summed E-state index contributed by atoms with van der Waals surface area (Å²) in [5.41, 5.74) is 0.829. The number of nitrogens with two attached hydrogens (primary N) is 1. The van der Waals surface area contributed by atoms with Crippen LogP contribution in [0.3, 0.4) is 0 Å². The van der Waals surface area contributed by atoms with Gasteiger partial charge in [0.25, 0.3) is 5.56 Å². The third kappa shape index (κ3) is 10.1. The van der Waals surface area contributed by atoms with E-state index in [4.69, 9.17) is 15.4 Å². The number of alkyl halides is 6. The van der Waals surface area contributed by atoms with Crippen LogP contribution in [0.15, 0.2) is 119 Å². The van der Waals surface area contributed by atoms with Crippen LogP contribution < -0.4 is 31.5 Å². The number of carbonyl (C=O) groups is 1. The minimum absolute atomic E-state index is 0.00283. The standard InChI is InChI=1S/C20H16F3N5O5S.C19H16F3N3O3/c1-34(31,32)26-27-18(29)14-9-13(15(20(21,22)23)10-16(14)25-19(27)30)17-7-8-24-28(17)33-11-12-5-3-2-4-6-12;1-27-18(26)14-9-13(15(10-16(14)23)19(20,21)22)17-7-8-24-25(17)28-11-12-5-3-2-4-6-12/h2-10,26H,11H2,1H3,(H,25,30);2-10H,11,23H2,1H3. The topological polar surface area (TPSA) is 207 Å². The van der Waals surface area contributed by atoms with Crippen LogP contribution >= 0.6 is 0 Å². The molecule has 0 aliphatic rings. The molecule has 4 N–H and O–H groups in total. The van der Waals surface area contributed by atoms with Crippen LogP contribution in [-0.4, -0.2) is 57.3 Å². The second-order valence-corrected chi connectivity index (χ2v) is 14.8. The predicted octanol–water partition coefficient (Wildman–Crippen LogP) is 5.27. The van der Waals surface area contributed by atoms with Crippen LogP contribution in [0.1, 0.15) is 32.6 Å². The van der Waals surface area contributed by atoms with Crippen molar-refractivity contribution in [3.8, 4) is 22.5 Å². The number of H-pyrrole nitrogens is 1. The van der Waals surface area contributed by atoms with Gasteiger partial charge in [0.2, 0.25) is 10.0 Å². The number of aromatic nitrogens is 6. The number of fused-ring (bicyclic) bond motifs is 1. The molecule has 7 aromatic rings. The van der Waals surface area contributed by atoms with E-state index in [2.05, 4.69) is 19.9 Å². The molecule has 0 spiro atoms. The van der Waals surface area contributed by atoms with Crippen LogP contribution in [-0.2, 0) is 40.3 Å². The Labute approximate surface area is 345 Å². The molecule has 0 radical (unpaired) electrons. The van der Waals surface area contributed by atoms with E-state index in [1.54, 1.807) is 35.2 Å². The first kappa shape index (κ1) is 44.0. The fraction of sp³-hybridized carbons (Fsp3) is 0.154. The lowest BCUT2D eigenvalue weighted by molar-refractivity contribution is -0.137. The van der Waals surface area contributed by atoms with Gasteiger partial charge in [0.15, 0.2) is 0 Å². The highest BCUT2D eigenvalue weighted by atomic mass is 32.2. The minimum Gasteiger partial charge on any atom is -0.465 e. The maximum Gasteiger partial charge on any atom is 0.417 e. The Hall–Kier alpha value is -7.56. The third-order valence-electron chi connectivity index (χ3n) is 8.66. The molecule has 4 aromatic carbocycles. The molecule has 62 heavy (non-hydrogen) atoms. The Morgan fingerprint density at radius 2 is 1.24 bits per heavy atom. The van der Waals surface area contributed by atoms with Crippen molar-refractivity contribution >= 4 is 32.6 Å². The molecule has 0 amide bonds. The van der Waals surface area contributed by atoms with Crippen molar-refractivity contribution in [3.63, 3.8) is 0 Å². The number of ether oxygens (including phenoxy) is 1. The first-order valence-electron chi connectivity index (χ1n) is 17.7. The molecule has 3 aromatic heterocycles. The Kier molecular flexibility index (Phi) is 12.5. The van der Waals surface area contributed by atoms with Crippen molar-refractivity contribution in [2.75, 3.05) is 23.9 Å². The third-order valence-corrected chi connectivity index (χ3v) is 9.18. The number of sulfonamides is 1. The Morgan fingerprint density at radius 1 is 0.758 bits per heavy atom. The number of esters is 1. The number of hydrogen-bond acceptors (Lipinski definition) is 11. The van der Waals surface area contributed by atoms with Crippen LogP contribution in [0, 0.1) is 0 Å². The monoisotopic (exact) mass is 886 g/mol. The zero-order chi connectivity index (χ0) is 45.0. The number of anilines is 1. The highest BCUT2D eigenvalue weighted by Crippen LogP contribution is 2.40. The summed E-state index contributed by atoms with van der Waals surface area (Å²) >= 11 is 0. The lowest BCUT2D eigenvalue weighted by atomic mass is 9.99. The number of nitrogens with zero attached hydrogens (tertiary/aromatic N) is 5. The van der Waals surface area contributed by atoms with Crippen LogP contribution in [0.25, 0.3) is 33.4 Å². The van der Waals surface area contributed by atoms with Crippen molar-refractivity contribution in [3.05, 3.63) is 158 Å². The van der Waals surface area contributed by atoms with Gasteiger partial charge in [-0.25, -0.2) is 22.8 Å².